The molecule has 0 aliphatic heterocycles. The van der Waals surface area contributed by atoms with E-state index in [1.807, 2.05) is 13.1 Å². The predicted octanol–water partition coefficient (Wildman–Crippen LogP) is 1.61. The van der Waals surface area contributed by atoms with Gasteiger partial charge in [0.05, 0.1) is 119 Å². The Bertz CT molecular complexity index is 480. The minimum Gasteiger partial charge on any atom is -0.436 e. The van der Waals surface area contributed by atoms with Crippen LogP contribution in [0.2, 0.25) is 25.7 Å². The second-order valence-electron chi connectivity index (χ2n) is 8.35. The predicted molar refractivity (Wildman–Crippen MR) is 156 cm³/mol. The molecule has 40 heavy (non-hydrogen) atoms. The summed E-state index contributed by atoms with van der Waals surface area (Å²) in [6, 6.07) is 0.952. The lowest BCUT2D eigenvalue weighted by atomic mass is 10.5. The van der Waals surface area contributed by atoms with Gasteiger partial charge in [0.15, 0.2) is 0 Å². The molecule has 0 amide bonds. The van der Waals surface area contributed by atoms with Gasteiger partial charge in [-0.25, -0.2) is 0 Å². The summed E-state index contributed by atoms with van der Waals surface area (Å²) in [4.78, 5) is 0. The Morgan fingerprint density at radius 2 is 0.650 bits per heavy atom. The third kappa shape index (κ3) is 31.1. The summed E-state index contributed by atoms with van der Waals surface area (Å²) in [5.41, 5.74) is 0. The van der Waals surface area contributed by atoms with Gasteiger partial charge in [-0.15, -0.1) is 0 Å². The van der Waals surface area contributed by atoms with E-state index in [0.717, 1.165) is 12.5 Å². The van der Waals surface area contributed by atoms with Gasteiger partial charge in [0.2, 0.25) is 19.5 Å². The van der Waals surface area contributed by atoms with Crippen LogP contribution in [0.5, 0.6) is 0 Å². The molecule has 12 nitrogen and oxygen atoms in total. The van der Waals surface area contributed by atoms with Gasteiger partial charge in [-0.3, -0.25) is 0 Å². The van der Waals surface area contributed by atoms with Gasteiger partial charge in [-0.2, -0.15) is 0 Å². The van der Waals surface area contributed by atoms with Crippen molar-refractivity contribution >= 4 is 28.1 Å². The molecule has 0 N–H and O–H groups in total. The van der Waals surface area contributed by atoms with Crippen LogP contribution in [0, 0.1) is 0 Å². The monoisotopic (exact) mass is 630 g/mol. The Balaban J connectivity index is 3.15. The van der Waals surface area contributed by atoms with Gasteiger partial charge in [-0.05, 0) is 32.1 Å². The average molecular weight is 631 g/mol. The summed E-state index contributed by atoms with van der Waals surface area (Å²) < 4.78 is 65.8. The van der Waals surface area contributed by atoms with Crippen molar-refractivity contribution < 1.29 is 55.6 Å². The van der Waals surface area contributed by atoms with Crippen LogP contribution in [0.3, 0.4) is 0 Å². The van der Waals surface area contributed by atoms with Gasteiger partial charge in [0.25, 0.3) is 0 Å². The van der Waals surface area contributed by atoms with Crippen molar-refractivity contribution in [3.8, 4) is 0 Å². The highest BCUT2D eigenvalue weighted by Crippen LogP contribution is 2.14. The quantitative estimate of drug-likeness (QED) is 0.0750. The standard InChI is InChI=1S/C25H54O12Si3/c1-26-7-8-28-11-12-30-15-16-32-19-20-34-23-24-35-22-21-33-18-17-31-14-13-29-10-9-27-6-5-25-40(4,36-38-2)37-39-3/h5-25H2,1-4H3. The van der Waals surface area contributed by atoms with Crippen molar-refractivity contribution in [1.29, 1.82) is 0 Å². The molecule has 0 saturated heterocycles. The summed E-state index contributed by atoms with van der Waals surface area (Å²) >= 11 is 0. The van der Waals surface area contributed by atoms with E-state index in [1.54, 1.807) is 7.11 Å². The molecule has 0 aromatic heterocycles. The molecule has 15 heteroatoms. The smallest absolute Gasteiger partial charge is 0.314 e. The second-order valence-corrected chi connectivity index (χ2v) is 13.6. The van der Waals surface area contributed by atoms with Gasteiger partial charge in [0.1, 0.15) is 0 Å². The lowest BCUT2D eigenvalue weighted by Crippen LogP contribution is -2.40. The van der Waals surface area contributed by atoms with Crippen LogP contribution in [0.15, 0.2) is 0 Å². The first-order valence-electron chi connectivity index (χ1n) is 14.1. The molecular weight excluding hydrogens is 577 g/mol. The van der Waals surface area contributed by atoms with Crippen LogP contribution in [0.25, 0.3) is 0 Å². The van der Waals surface area contributed by atoms with E-state index in [4.69, 9.17) is 55.6 Å². The van der Waals surface area contributed by atoms with Gasteiger partial charge < -0.3 is 55.6 Å². The third-order valence-corrected chi connectivity index (χ3v) is 11.3. The lowest BCUT2D eigenvalue weighted by Gasteiger charge is -2.26. The Kier molecular flexibility index (Phi) is 33.8. The Morgan fingerprint density at radius 3 is 0.900 bits per heavy atom. The molecule has 0 unspecified atom stereocenters. The van der Waals surface area contributed by atoms with E-state index >= 15 is 0 Å². The van der Waals surface area contributed by atoms with Gasteiger partial charge >= 0.3 is 8.56 Å². The van der Waals surface area contributed by atoms with E-state index < -0.39 is 8.56 Å². The topological polar surface area (TPSA) is 111 Å². The fraction of sp³-hybridized carbons (Fsp3) is 1.00. The zero-order chi connectivity index (χ0) is 29.2. The van der Waals surface area contributed by atoms with Crippen molar-refractivity contribution in [2.45, 2.75) is 32.1 Å². The van der Waals surface area contributed by atoms with Crippen LogP contribution < -0.4 is 0 Å². The van der Waals surface area contributed by atoms with Crippen LogP contribution in [0.1, 0.15) is 6.42 Å². The maximum absolute atomic E-state index is 5.86. The van der Waals surface area contributed by atoms with Crippen molar-refractivity contribution in [2.75, 3.05) is 133 Å². The SMILES string of the molecule is COCCOCCOCCOCCOCCOCCOCCOCCOCCOCCC[Si](C)(O[Si]C)O[Si]C. The van der Waals surface area contributed by atoms with Crippen LogP contribution in [0.4, 0.5) is 0 Å². The largest absolute Gasteiger partial charge is 0.436 e. The van der Waals surface area contributed by atoms with Crippen LogP contribution in [-0.4, -0.2) is 161 Å². The molecule has 0 saturated carbocycles. The first-order chi connectivity index (χ1) is 19.7. The molecule has 0 atom stereocenters. The summed E-state index contributed by atoms with van der Waals surface area (Å²) in [7, 11) is 0.578. The van der Waals surface area contributed by atoms with E-state index in [0.29, 0.717) is 145 Å². The summed E-state index contributed by atoms with van der Waals surface area (Å²) in [6.45, 7) is 16.7. The zero-order valence-electron chi connectivity index (χ0n) is 25.2. The summed E-state index contributed by atoms with van der Waals surface area (Å²) in [6.07, 6.45) is 0.944. The molecule has 0 bridgehead atoms. The van der Waals surface area contributed by atoms with Crippen molar-refractivity contribution in [3.63, 3.8) is 0 Å². The third-order valence-electron chi connectivity index (χ3n) is 4.96. The van der Waals surface area contributed by atoms with E-state index in [-0.39, 0.29) is 0 Å². The number of methoxy groups -OCH3 is 1. The molecule has 0 heterocycles. The number of hydrogen-bond acceptors (Lipinski definition) is 12. The van der Waals surface area contributed by atoms with Crippen molar-refractivity contribution in [1.82, 2.24) is 0 Å². The highest BCUT2D eigenvalue weighted by molar-refractivity contribution is 6.74. The maximum atomic E-state index is 5.86. The van der Waals surface area contributed by atoms with E-state index in [2.05, 4.69) is 6.55 Å². The molecule has 0 aromatic rings. The highest BCUT2D eigenvalue weighted by atomic mass is 28.4. The Hall–Kier alpha value is 0.171. The minimum absolute atomic E-state index is 0.470. The number of hydrogen-bond donors (Lipinski definition) is 0. The van der Waals surface area contributed by atoms with Crippen LogP contribution in [-0.2, 0) is 55.6 Å². The van der Waals surface area contributed by atoms with Crippen molar-refractivity contribution in [3.05, 3.63) is 0 Å². The summed E-state index contributed by atoms with van der Waals surface area (Å²) in [5.74, 6) is 0. The summed E-state index contributed by atoms with van der Waals surface area (Å²) in [5, 5.41) is 0. The molecule has 0 aliphatic rings. The lowest BCUT2D eigenvalue weighted by molar-refractivity contribution is -0.0258. The molecule has 4 radical (unpaired) electrons. The average Bonchev–Trinajstić information content (AvgIpc) is 2.94. The first kappa shape index (κ1) is 40.2. The fourth-order valence-electron chi connectivity index (χ4n) is 3.05. The number of rotatable bonds is 35. The van der Waals surface area contributed by atoms with Crippen molar-refractivity contribution in [2.24, 2.45) is 0 Å². The zero-order valence-corrected chi connectivity index (χ0v) is 28.2. The molecule has 238 valence electrons. The van der Waals surface area contributed by atoms with E-state index in [9.17, 15) is 0 Å². The Labute approximate surface area is 248 Å². The Morgan fingerprint density at radius 1 is 0.400 bits per heavy atom. The molecule has 0 spiro atoms. The minimum atomic E-state index is -2.01. The van der Waals surface area contributed by atoms with Crippen LogP contribution >= 0.6 is 0 Å². The van der Waals surface area contributed by atoms with Gasteiger partial charge in [-0.1, -0.05) is 0 Å². The number of ether oxygens (including phenoxy) is 10. The first-order valence-corrected chi connectivity index (χ1v) is 19.4. The highest BCUT2D eigenvalue weighted by Gasteiger charge is 2.29. The maximum Gasteiger partial charge on any atom is 0.314 e. The van der Waals surface area contributed by atoms with E-state index in [1.165, 1.54) is 0 Å². The normalized spacial score (nSPS) is 12.0. The fourth-order valence-corrected chi connectivity index (χ4v) is 8.65. The molecule has 0 aromatic carbocycles. The molecule has 0 aliphatic carbocycles. The van der Waals surface area contributed by atoms with Gasteiger partial charge in [0, 0.05) is 13.7 Å². The molecule has 0 fully saturated rings. The second kappa shape index (κ2) is 33.7. The molecule has 0 rings (SSSR count). The molecular formula is C25H54O12Si3.